The van der Waals surface area contributed by atoms with Gasteiger partial charge in [0.1, 0.15) is 5.60 Å². The SMILES string of the molecule is CC(C)(C)OC(=O)NC1CC(N)C2CC1C2. The molecule has 16 heavy (non-hydrogen) atoms. The fourth-order valence-corrected chi connectivity index (χ4v) is 2.70. The molecule has 2 unspecified atom stereocenters. The Hall–Kier alpha value is -0.770. The molecule has 4 heteroatoms. The van der Waals surface area contributed by atoms with Crippen LogP contribution in [0.3, 0.4) is 0 Å². The largest absolute Gasteiger partial charge is 0.444 e. The minimum atomic E-state index is -0.428. The molecule has 1 amide bonds. The Bertz CT molecular complexity index is 279. The van der Waals surface area contributed by atoms with Crippen molar-refractivity contribution in [3.8, 4) is 0 Å². The topological polar surface area (TPSA) is 64.3 Å². The molecular weight excluding hydrogens is 204 g/mol. The smallest absolute Gasteiger partial charge is 0.407 e. The van der Waals surface area contributed by atoms with Crippen molar-refractivity contribution in [3.63, 3.8) is 0 Å². The molecule has 92 valence electrons. The van der Waals surface area contributed by atoms with E-state index in [1.165, 1.54) is 12.8 Å². The maximum atomic E-state index is 11.6. The minimum absolute atomic E-state index is 0.217. The van der Waals surface area contributed by atoms with Crippen LogP contribution in [-0.4, -0.2) is 23.8 Å². The second kappa shape index (κ2) is 3.91. The summed E-state index contributed by atoms with van der Waals surface area (Å²) in [5, 5.41) is 2.95. The van der Waals surface area contributed by atoms with Crippen LogP contribution in [0.1, 0.15) is 40.0 Å². The zero-order valence-corrected chi connectivity index (χ0v) is 10.3. The molecule has 0 aromatic heterocycles. The number of hydrogen-bond donors (Lipinski definition) is 2. The maximum absolute atomic E-state index is 11.6. The molecule has 0 radical (unpaired) electrons. The van der Waals surface area contributed by atoms with Crippen molar-refractivity contribution >= 4 is 6.09 Å². The lowest BCUT2D eigenvalue weighted by atomic mass is 9.60. The zero-order chi connectivity index (χ0) is 11.9. The van der Waals surface area contributed by atoms with Crippen LogP contribution in [-0.2, 0) is 4.74 Å². The van der Waals surface area contributed by atoms with Crippen LogP contribution >= 0.6 is 0 Å². The van der Waals surface area contributed by atoms with Gasteiger partial charge in [-0.1, -0.05) is 0 Å². The molecule has 0 heterocycles. The van der Waals surface area contributed by atoms with Crippen molar-refractivity contribution < 1.29 is 9.53 Å². The van der Waals surface area contributed by atoms with E-state index in [1.807, 2.05) is 20.8 Å². The summed E-state index contributed by atoms with van der Waals surface area (Å²) in [5.41, 5.74) is 5.59. The number of amides is 1. The van der Waals surface area contributed by atoms with Gasteiger partial charge in [-0.2, -0.15) is 0 Å². The molecule has 3 aliphatic carbocycles. The van der Waals surface area contributed by atoms with E-state index in [9.17, 15) is 4.79 Å². The van der Waals surface area contributed by atoms with Crippen molar-refractivity contribution in [2.75, 3.05) is 0 Å². The van der Waals surface area contributed by atoms with Crippen LogP contribution in [0, 0.1) is 11.8 Å². The Morgan fingerprint density at radius 2 is 1.88 bits per heavy atom. The van der Waals surface area contributed by atoms with E-state index >= 15 is 0 Å². The number of ether oxygens (including phenoxy) is 1. The molecule has 0 spiro atoms. The van der Waals surface area contributed by atoms with E-state index < -0.39 is 5.60 Å². The molecule has 3 rings (SSSR count). The van der Waals surface area contributed by atoms with E-state index in [1.54, 1.807) is 0 Å². The van der Waals surface area contributed by atoms with Gasteiger partial charge in [-0.25, -0.2) is 4.79 Å². The summed E-state index contributed by atoms with van der Waals surface area (Å²) in [6.07, 6.45) is 2.92. The molecule has 2 atom stereocenters. The van der Waals surface area contributed by atoms with Gasteiger partial charge in [-0.05, 0) is 51.9 Å². The standard InChI is InChI=1S/C12H22N2O2/c1-12(2,3)16-11(15)14-10-6-9(13)7-4-8(10)5-7/h7-10H,4-6,13H2,1-3H3,(H,14,15). The van der Waals surface area contributed by atoms with Gasteiger partial charge in [0.05, 0.1) is 0 Å². The fraction of sp³-hybridized carbons (Fsp3) is 0.917. The third-order valence-electron chi connectivity index (χ3n) is 3.61. The van der Waals surface area contributed by atoms with Crippen molar-refractivity contribution in [1.29, 1.82) is 0 Å². The molecule has 0 aromatic rings. The van der Waals surface area contributed by atoms with Crippen LogP contribution in [0.25, 0.3) is 0 Å². The number of alkyl carbamates (subject to hydrolysis) is 1. The van der Waals surface area contributed by atoms with Crippen LogP contribution in [0.15, 0.2) is 0 Å². The molecule has 0 aromatic carbocycles. The minimum Gasteiger partial charge on any atom is -0.444 e. The Balaban J connectivity index is 1.83. The Labute approximate surface area is 96.9 Å². The van der Waals surface area contributed by atoms with Crippen molar-refractivity contribution in [3.05, 3.63) is 0 Å². The lowest BCUT2D eigenvalue weighted by molar-refractivity contribution is 0.0243. The first-order chi connectivity index (χ1) is 7.35. The maximum Gasteiger partial charge on any atom is 0.407 e. The predicted octanol–water partition coefficient (Wildman–Crippen LogP) is 1.64. The average molecular weight is 226 g/mol. The number of nitrogens with one attached hydrogen (secondary N) is 1. The number of hydrogen-bond acceptors (Lipinski definition) is 3. The third kappa shape index (κ3) is 2.48. The second-order valence-corrected chi connectivity index (χ2v) is 6.14. The van der Waals surface area contributed by atoms with Gasteiger partial charge in [0.25, 0.3) is 0 Å². The van der Waals surface area contributed by atoms with E-state index in [2.05, 4.69) is 5.32 Å². The summed E-state index contributed by atoms with van der Waals surface area (Å²) >= 11 is 0. The molecule has 4 nitrogen and oxygen atoms in total. The quantitative estimate of drug-likeness (QED) is 0.714. The van der Waals surface area contributed by atoms with Gasteiger partial charge >= 0.3 is 6.09 Å². The summed E-state index contributed by atoms with van der Waals surface area (Å²) in [5.74, 6) is 1.32. The van der Waals surface area contributed by atoms with E-state index in [-0.39, 0.29) is 18.2 Å². The highest BCUT2D eigenvalue weighted by Gasteiger charge is 2.45. The summed E-state index contributed by atoms with van der Waals surface area (Å²) in [6, 6.07) is 0.472. The Morgan fingerprint density at radius 3 is 2.38 bits per heavy atom. The van der Waals surface area contributed by atoms with Crippen LogP contribution in [0.4, 0.5) is 4.79 Å². The summed E-state index contributed by atoms with van der Waals surface area (Å²) < 4.78 is 5.25. The lowest BCUT2D eigenvalue weighted by Gasteiger charge is -2.50. The number of carbonyl (C=O) groups excluding carboxylic acids is 1. The summed E-state index contributed by atoms with van der Waals surface area (Å²) in [4.78, 5) is 11.6. The molecule has 0 aliphatic heterocycles. The lowest BCUT2D eigenvalue weighted by Crippen LogP contribution is -2.58. The highest BCUT2D eigenvalue weighted by atomic mass is 16.6. The van der Waals surface area contributed by atoms with Gasteiger partial charge in [0.2, 0.25) is 0 Å². The molecule has 3 aliphatic rings. The monoisotopic (exact) mass is 226 g/mol. The van der Waals surface area contributed by atoms with Gasteiger partial charge in [0, 0.05) is 12.1 Å². The van der Waals surface area contributed by atoms with Crippen molar-refractivity contribution in [1.82, 2.24) is 5.32 Å². The average Bonchev–Trinajstić information content (AvgIpc) is 1.94. The number of carbonyl (C=O) groups is 1. The van der Waals surface area contributed by atoms with Gasteiger partial charge in [-0.3, -0.25) is 0 Å². The Morgan fingerprint density at radius 1 is 1.25 bits per heavy atom. The molecule has 3 saturated carbocycles. The molecule has 0 saturated heterocycles. The predicted molar refractivity (Wildman–Crippen MR) is 62.0 cm³/mol. The summed E-state index contributed by atoms with van der Waals surface area (Å²) in [6.45, 7) is 5.62. The first-order valence-corrected chi connectivity index (χ1v) is 6.10. The Kier molecular flexibility index (Phi) is 2.86. The molecule has 3 fully saturated rings. The normalized spacial score (nSPS) is 37.5. The highest BCUT2D eigenvalue weighted by Crippen LogP contribution is 2.44. The first-order valence-electron chi connectivity index (χ1n) is 6.10. The van der Waals surface area contributed by atoms with Crippen LogP contribution in [0.2, 0.25) is 0 Å². The first kappa shape index (κ1) is 11.7. The number of rotatable bonds is 1. The van der Waals surface area contributed by atoms with E-state index in [0.29, 0.717) is 11.8 Å². The zero-order valence-electron chi connectivity index (χ0n) is 10.3. The number of fused-ring (bicyclic) bond motifs is 2. The molecule has 3 N–H and O–H groups in total. The summed E-state index contributed by atoms with van der Waals surface area (Å²) in [7, 11) is 0. The van der Waals surface area contributed by atoms with E-state index in [0.717, 1.165) is 6.42 Å². The fourth-order valence-electron chi connectivity index (χ4n) is 2.70. The number of nitrogens with two attached hydrogens (primary N) is 1. The van der Waals surface area contributed by atoms with Crippen LogP contribution < -0.4 is 11.1 Å². The molecular formula is C12H22N2O2. The van der Waals surface area contributed by atoms with Crippen LogP contribution in [0.5, 0.6) is 0 Å². The van der Waals surface area contributed by atoms with Crippen molar-refractivity contribution in [2.45, 2.75) is 57.7 Å². The second-order valence-electron chi connectivity index (χ2n) is 6.14. The van der Waals surface area contributed by atoms with Gasteiger partial charge < -0.3 is 15.8 Å². The van der Waals surface area contributed by atoms with Crippen molar-refractivity contribution in [2.24, 2.45) is 17.6 Å². The third-order valence-corrected chi connectivity index (χ3v) is 3.61. The highest BCUT2D eigenvalue weighted by molar-refractivity contribution is 5.68. The van der Waals surface area contributed by atoms with E-state index in [4.69, 9.17) is 10.5 Å². The van der Waals surface area contributed by atoms with Gasteiger partial charge in [-0.15, -0.1) is 0 Å². The van der Waals surface area contributed by atoms with Gasteiger partial charge in [0.15, 0.2) is 0 Å². The molecule has 2 bridgehead atoms.